The Labute approximate surface area is 151 Å². The molecule has 0 saturated carbocycles. The van der Waals surface area contributed by atoms with E-state index >= 15 is 0 Å². The summed E-state index contributed by atoms with van der Waals surface area (Å²) in [4.78, 5) is 11.8. The van der Waals surface area contributed by atoms with E-state index in [1.165, 1.54) is 0 Å². The summed E-state index contributed by atoms with van der Waals surface area (Å²) in [6.07, 6.45) is 2.46. The molecule has 130 valence electrons. The van der Waals surface area contributed by atoms with Gasteiger partial charge < -0.3 is 15.2 Å². The standard InChI is InChI=1S/C19H24BrNO3/c1-11-4-9-15-18(17(11)23)24-16(10-19(15,3)21-12(2)22)13-5-7-14(20)8-6-13/h4-8,15-18,23H,9-10H2,1-3H3,(H,21,22)/t15-,16+,17-,18-,19+/m1/s1. The Bertz CT molecular complexity index is 657. The monoisotopic (exact) mass is 393 g/mol. The van der Waals surface area contributed by atoms with Crippen LogP contribution in [0.2, 0.25) is 0 Å². The molecular formula is C19H24BrNO3. The van der Waals surface area contributed by atoms with Crippen molar-refractivity contribution in [3.8, 4) is 0 Å². The molecule has 2 N–H and O–H groups in total. The number of carbonyl (C=O) groups is 1. The quantitative estimate of drug-likeness (QED) is 0.755. The number of hydrogen-bond acceptors (Lipinski definition) is 3. The van der Waals surface area contributed by atoms with E-state index in [0.717, 1.165) is 22.0 Å². The maximum Gasteiger partial charge on any atom is 0.217 e. The molecule has 0 aromatic heterocycles. The minimum absolute atomic E-state index is 0.0477. The third-order valence-electron chi connectivity index (χ3n) is 5.32. The molecule has 1 aliphatic carbocycles. The summed E-state index contributed by atoms with van der Waals surface area (Å²) in [7, 11) is 0. The zero-order valence-electron chi connectivity index (χ0n) is 14.3. The van der Waals surface area contributed by atoms with Gasteiger partial charge in [0, 0.05) is 29.3 Å². The molecule has 0 radical (unpaired) electrons. The van der Waals surface area contributed by atoms with Crippen molar-refractivity contribution in [1.82, 2.24) is 5.32 Å². The van der Waals surface area contributed by atoms with Crippen molar-refractivity contribution >= 4 is 21.8 Å². The lowest BCUT2D eigenvalue weighted by Gasteiger charge is -2.52. The maximum absolute atomic E-state index is 11.8. The smallest absolute Gasteiger partial charge is 0.217 e. The molecule has 0 unspecified atom stereocenters. The molecule has 0 spiro atoms. The Morgan fingerprint density at radius 2 is 2.04 bits per heavy atom. The van der Waals surface area contributed by atoms with Gasteiger partial charge in [-0.15, -0.1) is 0 Å². The summed E-state index contributed by atoms with van der Waals surface area (Å²) in [5, 5.41) is 13.8. The van der Waals surface area contributed by atoms with Crippen LogP contribution in [0.3, 0.4) is 0 Å². The van der Waals surface area contributed by atoms with Crippen molar-refractivity contribution < 1.29 is 14.6 Å². The zero-order chi connectivity index (χ0) is 17.5. The van der Waals surface area contributed by atoms with E-state index in [2.05, 4.69) is 34.2 Å². The fourth-order valence-electron chi connectivity index (χ4n) is 4.03. The van der Waals surface area contributed by atoms with Crippen LogP contribution in [0, 0.1) is 5.92 Å². The normalized spacial score (nSPS) is 35.8. The second kappa shape index (κ2) is 6.62. The average molecular weight is 394 g/mol. The minimum Gasteiger partial charge on any atom is -0.386 e. The molecule has 1 heterocycles. The van der Waals surface area contributed by atoms with Gasteiger partial charge in [0.15, 0.2) is 0 Å². The van der Waals surface area contributed by atoms with E-state index in [1.54, 1.807) is 6.92 Å². The van der Waals surface area contributed by atoms with Crippen molar-refractivity contribution in [1.29, 1.82) is 0 Å². The first-order valence-electron chi connectivity index (χ1n) is 8.34. The predicted octanol–water partition coefficient (Wildman–Crippen LogP) is 3.50. The van der Waals surface area contributed by atoms with Crippen LogP contribution in [0.25, 0.3) is 0 Å². The molecule has 1 aromatic rings. The molecule has 0 bridgehead atoms. The van der Waals surface area contributed by atoms with Gasteiger partial charge in [0.1, 0.15) is 6.10 Å². The number of halogens is 1. The molecule has 4 nitrogen and oxygen atoms in total. The van der Waals surface area contributed by atoms with E-state index in [9.17, 15) is 9.90 Å². The summed E-state index contributed by atoms with van der Waals surface area (Å²) in [6, 6.07) is 8.04. The van der Waals surface area contributed by atoms with Gasteiger partial charge in [0.2, 0.25) is 5.91 Å². The van der Waals surface area contributed by atoms with Crippen LogP contribution in [0.1, 0.15) is 45.3 Å². The highest BCUT2D eigenvalue weighted by molar-refractivity contribution is 9.10. The molecule has 5 heteroatoms. The van der Waals surface area contributed by atoms with Gasteiger partial charge >= 0.3 is 0 Å². The lowest BCUT2D eigenvalue weighted by atomic mass is 9.68. The number of amides is 1. The summed E-state index contributed by atoms with van der Waals surface area (Å²) in [5.41, 5.74) is 1.59. The summed E-state index contributed by atoms with van der Waals surface area (Å²) >= 11 is 3.45. The Morgan fingerprint density at radius 1 is 1.38 bits per heavy atom. The Hall–Kier alpha value is -1.17. The van der Waals surface area contributed by atoms with Gasteiger partial charge in [-0.05, 0) is 43.5 Å². The largest absolute Gasteiger partial charge is 0.386 e. The van der Waals surface area contributed by atoms with Gasteiger partial charge in [0.05, 0.1) is 12.2 Å². The second-order valence-corrected chi connectivity index (χ2v) is 8.09. The van der Waals surface area contributed by atoms with E-state index in [0.29, 0.717) is 6.42 Å². The second-order valence-electron chi connectivity index (χ2n) is 7.18. The van der Waals surface area contributed by atoms with Gasteiger partial charge in [-0.2, -0.15) is 0 Å². The number of rotatable bonds is 2. The highest BCUT2D eigenvalue weighted by atomic mass is 79.9. The summed E-state index contributed by atoms with van der Waals surface area (Å²) in [5.74, 6) is 0.0141. The SMILES string of the molecule is CC(=O)N[C@@]1(C)C[C@@H](c2ccc(Br)cc2)O[C@H]2[C@H](O)C(C)=CC[C@H]21. The van der Waals surface area contributed by atoms with E-state index in [4.69, 9.17) is 4.74 Å². The predicted molar refractivity (Wildman–Crippen MR) is 96.5 cm³/mol. The highest BCUT2D eigenvalue weighted by Crippen LogP contribution is 2.46. The molecule has 24 heavy (non-hydrogen) atoms. The zero-order valence-corrected chi connectivity index (χ0v) is 15.8. The Kier molecular flexibility index (Phi) is 4.87. The molecule has 1 aliphatic heterocycles. The first kappa shape index (κ1) is 17.6. The Morgan fingerprint density at radius 3 is 2.67 bits per heavy atom. The van der Waals surface area contributed by atoms with Crippen LogP contribution in [0.4, 0.5) is 0 Å². The third kappa shape index (κ3) is 3.30. The van der Waals surface area contributed by atoms with Crippen LogP contribution in [0.5, 0.6) is 0 Å². The number of fused-ring (bicyclic) bond motifs is 1. The maximum atomic E-state index is 11.8. The van der Waals surface area contributed by atoms with Crippen molar-refractivity contribution in [3.05, 3.63) is 46.0 Å². The number of nitrogens with one attached hydrogen (secondary N) is 1. The van der Waals surface area contributed by atoms with Gasteiger partial charge in [-0.1, -0.05) is 34.1 Å². The molecule has 2 aliphatic rings. The van der Waals surface area contributed by atoms with Crippen LogP contribution >= 0.6 is 15.9 Å². The lowest BCUT2D eigenvalue weighted by molar-refractivity contribution is -0.165. The molecular weight excluding hydrogens is 370 g/mol. The molecule has 3 rings (SSSR count). The number of ether oxygens (including phenoxy) is 1. The number of hydrogen-bond donors (Lipinski definition) is 2. The molecule has 1 fully saturated rings. The molecule has 1 amide bonds. The first-order valence-corrected chi connectivity index (χ1v) is 9.14. The first-order chi connectivity index (χ1) is 11.3. The third-order valence-corrected chi connectivity index (χ3v) is 5.85. The van der Waals surface area contributed by atoms with Crippen LogP contribution in [-0.2, 0) is 9.53 Å². The van der Waals surface area contributed by atoms with Gasteiger partial charge in [-0.25, -0.2) is 0 Å². The summed E-state index contributed by atoms with van der Waals surface area (Å²) in [6.45, 7) is 5.55. The van der Waals surface area contributed by atoms with Crippen molar-refractivity contribution in [2.75, 3.05) is 0 Å². The minimum atomic E-state index is -0.630. The average Bonchev–Trinajstić information content (AvgIpc) is 2.50. The molecule has 5 atom stereocenters. The van der Waals surface area contributed by atoms with Crippen molar-refractivity contribution in [2.24, 2.45) is 5.92 Å². The fourth-order valence-corrected chi connectivity index (χ4v) is 4.30. The van der Waals surface area contributed by atoms with Crippen molar-refractivity contribution in [2.45, 2.75) is 57.5 Å². The summed E-state index contributed by atoms with van der Waals surface area (Å²) < 4.78 is 7.33. The number of benzene rings is 1. The van der Waals surface area contributed by atoms with Crippen molar-refractivity contribution in [3.63, 3.8) is 0 Å². The highest BCUT2D eigenvalue weighted by Gasteiger charge is 2.50. The van der Waals surface area contributed by atoms with E-state index in [-0.39, 0.29) is 24.0 Å². The lowest BCUT2D eigenvalue weighted by Crippen LogP contribution is -2.62. The van der Waals surface area contributed by atoms with Crippen LogP contribution in [-0.4, -0.2) is 28.8 Å². The molecule has 1 saturated heterocycles. The van der Waals surface area contributed by atoms with E-state index < -0.39 is 11.6 Å². The number of aliphatic hydroxyl groups excluding tert-OH is 1. The van der Waals surface area contributed by atoms with Gasteiger partial charge in [0.25, 0.3) is 0 Å². The van der Waals surface area contributed by atoms with Crippen LogP contribution < -0.4 is 5.32 Å². The fraction of sp³-hybridized carbons (Fsp3) is 0.526. The number of aliphatic hydroxyl groups is 1. The number of carbonyl (C=O) groups excluding carboxylic acids is 1. The number of allylic oxidation sites excluding steroid dienone is 1. The Balaban J connectivity index is 1.96. The topological polar surface area (TPSA) is 58.6 Å². The van der Waals surface area contributed by atoms with Gasteiger partial charge in [-0.3, -0.25) is 4.79 Å². The van der Waals surface area contributed by atoms with Crippen LogP contribution in [0.15, 0.2) is 40.4 Å². The molecule has 1 aromatic carbocycles. The van der Waals surface area contributed by atoms with E-state index in [1.807, 2.05) is 31.2 Å².